The number of nitrogens with zero attached hydrogens (tertiary/aromatic N) is 7. The van der Waals surface area contributed by atoms with Crippen LogP contribution in [0.3, 0.4) is 0 Å². The summed E-state index contributed by atoms with van der Waals surface area (Å²) in [5.74, 6) is 1.02. The van der Waals surface area contributed by atoms with Crippen molar-refractivity contribution in [2.24, 2.45) is 12.5 Å². The highest BCUT2D eigenvalue weighted by atomic mass is 16.5. The van der Waals surface area contributed by atoms with Gasteiger partial charge in [-0.05, 0) is 60.6 Å². The smallest absolute Gasteiger partial charge is 0.274 e. The molecule has 7 heterocycles. The Morgan fingerprint density at radius 2 is 1.88 bits per heavy atom. The molecule has 3 saturated heterocycles. The van der Waals surface area contributed by atoms with Crippen molar-refractivity contribution in [2.75, 3.05) is 61.1 Å². The lowest BCUT2D eigenvalue weighted by Crippen LogP contribution is -2.62. The predicted octanol–water partition coefficient (Wildman–Crippen LogP) is 4.04. The average molecular weight is 693 g/mol. The van der Waals surface area contributed by atoms with Crippen molar-refractivity contribution in [3.8, 4) is 11.1 Å². The Labute approximate surface area is 299 Å². The highest BCUT2D eigenvalue weighted by Crippen LogP contribution is 2.53. The lowest BCUT2D eigenvalue weighted by molar-refractivity contribution is -0.130. The fourth-order valence-corrected chi connectivity index (χ4v) is 8.92. The SMILES string of the molecule is C=C[C@H]1CN(C2COC2)CCN1c1ccc(Nc2cc(-c3ccnc(N4CCN5C6=C(CC(C)(C)C6)CC5(C)C4=O)c3CO)cn(C)c2=O)nc1. The maximum absolute atomic E-state index is 14.3. The molecule has 2 N–H and O–H groups in total. The minimum Gasteiger partial charge on any atom is -0.392 e. The molecule has 2 atom stereocenters. The van der Waals surface area contributed by atoms with Gasteiger partial charge in [-0.2, -0.15) is 0 Å². The maximum Gasteiger partial charge on any atom is 0.274 e. The van der Waals surface area contributed by atoms with Crippen molar-refractivity contribution in [1.82, 2.24) is 24.3 Å². The third-order valence-corrected chi connectivity index (χ3v) is 11.6. The second kappa shape index (κ2) is 12.6. The van der Waals surface area contributed by atoms with Gasteiger partial charge < -0.3 is 29.5 Å². The lowest BCUT2D eigenvalue weighted by Gasteiger charge is -2.47. The van der Waals surface area contributed by atoms with E-state index >= 15 is 0 Å². The Bertz CT molecular complexity index is 1970. The molecule has 3 aromatic heterocycles. The Morgan fingerprint density at radius 1 is 1.06 bits per heavy atom. The molecule has 8 rings (SSSR count). The number of ether oxygens (including phenoxy) is 1. The quantitative estimate of drug-likeness (QED) is 0.335. The van der Waals surface area contributed by atoms with Gasteiger partial charge in [0, 0.05) is 75.4 Å². The largest absolute Gasteiger partial charge is 0.392 e. The van der Waals surface area contributed by atoms with Crippen LogP contribution in [0.4, 0.5) is 23.0 Å². The number of aryl methyl sites for hydroxylation is 1. The van der Waals surface area contributed by atoms with Crippen LogP contribution in [-0.2, 0) is 23.2 Å². The van der Waals surface area contributed by atoms with Crippen LogP contribution in [0.1, 0.15) is 45.6 Å². The van der Waals surface area contributed by atoms with Crippen LogP contribution in [-0.4, -0.2) is 98.9 Å². The molecule has 3 aromatic rings. The highest BCUT2D eigenvalue weighted by Gasteiger charge is 2.55. The molecule has 1 amide bonds. The molecule has 4 aliphatic heterocycles. The molecule has 1 aliphatic carbocycles. The number of amides is 1. The molecule has 1 unspecified atom stereocenters. The van der Waals surface area contributed by atoms with Gasteiger partial charge in [0.05, 0.1) is 43.8 Å². The fraction of sp³-hybridized carbons (Fsp3) is 0.487. The number of anilines is 4. The van der Waals surface area contributed by atoms with E-state index in [4.69, 9.17) is 4.74 Å². The fourth-order valence-electron chi connectivity index (χ4n) is 8.92. The lowest BCUT2D eigenvalue weighted by atomic mass is 9.83. The molecule has 0 spiro atoms. The number of nitrogens with one attached hydrogen (secondary N) is 1. The second-order valence-electron chi connectivity index (χ2n) is 15.7. The van der Waals surface area contributed by atoms with Gasteiger partial charge in [0.15, 0.2) is 0 Å². The molecule has 0 saturated carbocycles. The van der Waals surface area contributed by atoms with Crippen molar-refractivity contribution in [1.29, 1.82) is 0 Å². The number of hydrogen-bond acceptors (Lipinski definition) is 10. The minimum absolute atomic E-state index is 0.00639. The van der Waals surface area contributed by atoms with Gasteiger partial charge in [-0.3, -0.25) is 19.4 Å². The van der Waals surface area contributed by atoms with Crippen molar-refractivity contribution in [3.05, 3.63) is 82.7 Å². The van der Waals surface area contributed by atoms with Crippen LogP contribution in [0.5, 0.6) is 0 Å². The Morgan fingerprint density at radius 3 is 2.59 bits per heavy atom. The Balaban J connectivity index is 1.03. The Kier molecular flexibility index (Phi) is 8.31. The van der Waals surface area contributed by atoms with Crippen LogP contribution < -0.4 is 20.7 Å². The first-order chi connectivity index (χ1) is 24.5. The van der Waals surface area contributed by atoms with Crippen molar-refractivity contribution in [3.63, 3.8) is 0 Å². The third-order valence-electron chi connectivity index (χ3n) is 11.6. The Hall–Kier alpha value is -4.52. The zero-order chi connectivity index (χ0) is 35.7. The number of aliphatic hydroxyl groups is 1. The summed E-state index contributed by atoms with van der Waals surface area (Å²) in [6.07, 6.45) is 9.99. The number of aromatic nitrogens is 3. The molecule has 0 bridgehead atoms. The number of carbonyl (C=O) groups is 1. The molecular weight excluding hydrogens is 644 g/mol. The molecule has 0 radical (unpaired) electrons. The molecule has 12 heteroatoms. The number of pyridine rings is 3. The number of fused-ring (bicyclic) bond motifs is 2. The molecule has 268 valence electrons. The number of aliphatic hydroxyl groups excluding tert-OH is 1. The molecular formula is C39H48N8O4. The second-order valence-corrected chi connectivity index (χ2v) is 15.7. The number of piperazine rings is 2. The van der Waals surface area contributed by atoms with E-state index in [1.807, 2.05) is 37.4 Å². The number of allylic oxidation sites excluding steroid dienone is 1. The highest BCUT2D eigenvalue weighted by molar-refractivity contribution is 6.02. The van der Waals surface area contributed by atoms with E-state index in [1.54, 1.807) is 30.4 Å². The standard InChI is InChI=1S/C39H48N8O4/c1-6-27-21-44(29-23-51-24-29)11-12-45(27)28-7-8-34(41-19-28)42-32-15-25(20-43(5)36(32)49)30-9-10-40-35(31(30)22-48)46-13-14-47-33-18-38(2,3)16-26(33)17-39(47,4)37(46)50/h6-10,15,19-20,27,29,48H,1,11-14,16-18,21-24H2,2-5H3,(H,41,42)/t27-,39?/m0/s1. The third kappa shape index (κ3) is 5.73. The van der Waals surface area contributed by atoms with Gasteiger partial charge in [0.25, 0.3) is 11.5 Å². The van der Waals surface area contributed by atoms with E-state index in [1.165, 1.54) is 15.8 Å². The summed E-state index contributed by atoms with van der Waals surface area (Å²) in [5.41, 5.74) is 5.42. The van der Waals surface area contributed by atoms with E-state index in [9.17, 15) is 14.7 Å². The van der Waals surface area contributed by atoms with E-state index < -0.39 is 5.54 Å². The van der Waals surface area contributed by atoms with Gasteiger partial charge in [-0.25, -0.2) is 9.97 Å². The van der Waals surface area contributed by atoms with Crippen molar-refractivity contribution in [2.45, 2.75) is 64.3 Å². The monoisotopic (exact) mass is 692 g/mol. The van der Waals surface area contributed by atoms with E-state index in [0.29, 0.717) is 53.1 Å². The first kappa shape index (κ1) is 33.6. The summed E-state index contributed by atoms with van der Waals surface area (Å²) in [4.78, 5) is 45.8. The van der Waals surface area contributed by atoms with Gasteiger partial charge in [-0.15, -0.1) is 6.58 Å². The van der Waals surface area contributed by atoms with Crippen LogP contribution in [0.15, 0.2) is 71.6 Å². The van der Waals surface area contributed by atoms with Gasteiger partial charge in [0.1, 0.15) is 22.9 Å². The maximum atomic E-state index is 14.3. The molecule has 12 nitrogen and oxygen atoms in total. The van der Waals surface area contributed by atoms with Crippen LogP contribution in [0.2, 0.25) is 0 Å². The van der Waals surface area contributed by atoms with Gasteiger partial charge in [-0.1, -0.05) is 19.9 Å². The van der Waals surface area contributed by atoms with Gasteiger partial charge >= 0.3 is 0 Å². The summed E-state index contributed by atoms with van der Waals surface area (Å²) < 4.78 is 6.92. The van der Waals surface area contributed by atoms with Crippen LogP contribution in [0, 0.1) is 5.41 Å². The molecule has 5 aliphatic rings. The molecule has 51 heavy (non-hydrogen) atoms. The predicted molar refractivity (Wildman–Crippen MR) is 198 cm³/mol. The van der Waals surface area contributed by atoms with Crippen LogP contribution in [0.25, 0.3) is 11.1 Å². The zero-order valence-corrected chi connectivity index (χ0v) is 30.1. The summed E-state index contributed by atoms with van der Waals surface area (Å²) >= 11 is 0. The number of hydrogen-bond donors (Lipinski definition) is 2. The van der Waals surface area contributed by atoms with E-state index in [-0.39, 0.29) is 29.5 Å². The molecule has 3 fully saturated rings. The number of rotatable bonds is 8. The summed E-state index contributed by atoms with van der Waals surface area (Å²) in [6.45, 7) is 15.9. The van der Waals surface area contributed by atoms with E-state index in [2.05, 4.69) is 50.4 Å². The first-order valence-electron chi connectivity index (χ1n) is 18.0. The van der Waals surface area contributed by atoms with Crippen molar-refractivity contribution < 1.29 is 14.6 Å². The van der Waals surface area contributed by atoms with Crippen molar-refractivity contribution >= 4 is 28.9 Å². The topological polar surface area (TPSA) is 119 Å². The van der Waals surface area contributed by atoms with E-state index in [0.717, 1.165) is 57.8 Å². The summed E-state index contributed by atoms with van der Waals surface area (Å²) in [5, 5.41) is 14.0. The minimum atomic E-state index is -0.660. The normalized spacial score (nSPS) is 24.8. The molecule has 0 aromatic carbocycles. The van der Waals surface area contributed by atoms with Gasteiger partial charge in [0.2, 0.25) is 0 Å². The zero-order valence-electron chi connectivity index (χ0n) is 30.1. The summed E-state index contributed by atoms with van der Waals surface area (Å²) in [6, 6.07) is 8.17. The average Bonchev–Trinajstić information content (AvgIpc) is 3.53. The van der Waals surface area contributed by atoms with Crippen LogP contribution >= 0.6 is 0 Å². The first-order valence-corrected chi connectivity index (χ1v) is 18.0. The summed E-state index contributed by atoms with van der Waals surface area (Å²) in [7, 11) is 1.70. The number of carbonyl (C=O) groups excluding carboxylic acids is 1.